The molecular formula is C10H15ClFNSi. The molecule has 1 rings (SSSR count). The molecule has 1 aromatic rings. The Morgan fingerprint density at radius 2 is 2.00 bits per heavy atom. The lowest BCUT2D eigenvalue weighted by Gasteiger charge is -2.18. The van der Waals surface area contributed by atoms with Crippen molar-refractivity contribution in [3.63, 3.8) is 0 Å². The van der Waals surface area contributed by atoms with E-state index in [9.17, 15) is 4.39 Å². The van der Waals surface area contributed by atoms with E-state index in [2.05, 4.69) is 25.0 Å². The highest BCUT2D eigenvalue weighted by Crippen LogP contribution is 2.24. The summed E-state index contributed by atoms with van der Waals surface area (Å²) in [5, 5.41) is 3.37. The fraction of sp³-hybridized carbons (Fsp3) is 0.400. The first-order chi connectivity index (χ1) is 6.40. The Hall–Kier alpha value is -0.543. The molecule has 0 heterocycles. The van der Waals surface area contributed by atoms with Gasteiger partial charge in [-0.15, -0.1) is 0 Å². The molecule has 0 aliphatic carbocycles. The maximum absolute atomic E-state index is 13.0. The summed E-state index contributed by atoms with van der Waals surface area (Å²) in [5.41, 5.74) is 0.689. The smallest absolute Gasteiger partial charge is 0.143 e. The molecule has 0 aromatic heterocycles. The van der Waals surface area contributed by atoms with Gasteiger partial charge in [0.15, 0.2) is 0 Å². The maximum atomic E-state index is 13.0. The van der Waals surface area contributed by atoms with E-state index in [1.165, 1.54) is 6.07 Å². The van der Waals surface area contributed by atoms with Crippen LogP contribution in [0.5, 0.6) is 0 Å². The minimum Gasteiger partial charge on any atom is -0.387 e. The van der Waals surface area contributed by atoms with Gasteiger partial charge >= 0.3 is 0 Å². The number of benzene rings is 1. The third-order valence-corrected chi connectivity index (χ3v) is 3.38. The Morgan fingerprint density at radius 3 is 2.57 bits per heavy atom. The van der Waals surface area contributed by atoms with Gasteiger partial charge in [-0.05, 0) is 12.1 Å². The van der Waals surface area contributed by atoms with Crippen molar-refractivity contribution in [3.8, 4) is 0 Å². The molecule has 0 bridgehead atoms. The number of nitrogens with one attached hydrogen (secondary N) is 1. The summed E-state index contributed by atoms with van der Waals surface area (Å²) in [6, 6.07) is 4.82. The summed E-state index contributed by atoms with van der Waals surface area (Å²) in [6.45, 7) is 6.73. The van der Waals surface area contributed by atoms with E-state index < -0.39 is 8.07 Å². The number of hydrogen-bond acceptors (Lipinski definition) is 1. The van der Waals surface area contributed by atoms with Gasteiger partial charge in [0.1, 0.15) is 5.82 Å². The van der Waals surface area contributed by atoms with Gasteiger partial charge < -0.3 is 5.32 Å². The van der Waals surface area contributed by atoms with Gasteiger partial charge in [-0.3, -0.25) is 0 Å². The Balaban J connectivity index is 2.73. The summed E-state index contributed by atoms with van der Waals surface area (Å²) in [5.74, 6) is -0.368. The minimum atomic E-state index is -1.17. The lowest BCUT2D eigenvalue weighted by Crippen LogP contribution is -2.31. The highest BCUT2D eigenvalue weighted by atomic mass is 35.5. The zero-order valence-corrected chi connectivity index (χ0v) is 10.5. The van der Waals surface area contributed by atoms with Crippen LogP contribution in [-0.2, 0) is 0 Å². The van der Waals surface area contributed by atoms with Gasteiger partial charge in [-0.25, -0.2) is 4.39 Å². The molecule has 0 radical (unpaired) electrons. The number of rotatable bonds is 3. The fourth-order valence-electron chi connectivity index (χ4n) is 1.00. The lowest BCUT2D eigenvalue weighted by molar-refractivity contribution is 0.629. The molecule has 0 aliphatic rings. The van der Waals surface area contributed by atoms with Gasteiger partial charge in [0.05, 0.1) is 18.8 Å². The van der Waals surface area contributed by atoms with E-state index >= 15 is 0 Å². The second-order valence-corrected chi connectivity index (χ2v) is 10.4. The predicted molar refractivity (Wildman–Crippen MR) is 63.2 cm³/mol. The monoisotopic (exact) mass is 231 g/mol. The van der Waals surface area contributed by atoms with Crippen molar-refractivity contribution in [2.45, 2.75) is 19.6 Å². The van der Waals surface area contributed by atoms with E-state index in [1.807, 2.05) is 0 Å². The van der Waals surface area contributed by atoms with Crippen LogP contribution in [0.1, 0.15) is 0 Å². The largest absolute Gasteiger partial charge is 0.387 e. The van der Waals surface area contributed by atoms with Gasteiger partial charge in [0, 0.05) is 6.17 Å². The van der Waals surface area contributed by atoms with Crippen molar-refractivity contribution in [1.82, 2.24) is 0 Å². The van der Waals surface area contributed by atoms with E-state index in [4.69, 9.17) is 11.6 Å². The zero-order valence-electron chi connectivity index (χ0n) is 8.70. The summed E-state index contributed by atoms with van der Waals surface area (Å²) in [4.78, 5) is 0. The molecule has 0 fully saturated rings. The highest BCUT2D eigenvalue weighted by Gasteiger charge is 2.13. The van der Waals surface area contributed by atoms with E-state index in [1.54, 1.807) is 12.1 Å². The molecule has 0 unspecified atom stereocenters. The SMILES string of the molecule is C[Si](C)(C)CNc1cccc(F)c1Cl. The third kappa shape index (κ3) is 3.31. The molecule has 1 N–H and O–H groups in total. The van der Waals surface area contributed by atoms with Crippen molar-refractivity contribution in [1.29, 1.82) is 0 Å². The van der Waals surface area contributed by atoms with Crippen LogP contribution in [-0.4, -0.2) is 14.2 Å². The van der Waals surface area contributed by atoms with Crippen molar-refractivity contribution in [3.05, 3.63) is 29.0 Å². The average molecular weight is 232 g/mol. The summed E-state index contributed by atoms with van der Waals surface area (Å²) < 4.78 is 13.0. The molecule has 1 aromatic carbocycles. The molecule has 14 heavy (non-hydrogen) atoms. The zero-order chi connectivity index (χ0) is 10.8. The Labute approximate surface area is 90.3 Å². The van der Waals surface area contributed by atoms with Crippen LogP contribution in [0.2, 0.25) is 24.7 Å². The molecule has 0 aliphatic heterocycles. The van der Waals surface area contributed by atoms with Gasteiger partial charge in [0.25, 0.3) is 0 Å². The fourth-order valence-corrected chi connectivity index (χ4v) is 1.91. The standard InChI is InChI=1S/C10H15ClFNSi/c1-14(2,3)7-13-9-6-4-5-8(12)10(9)11/h4-6,13H,7H2,1-3H3. The molecule has 1 nitrogen and oxygen atoms in total. The van der Waals surface area contributed by atoms with Crippen LogP contribution in [0.3, 0.4) is 0 Å². The van der Waals surface area contributed by atoms with Gasteiger partial charge in [0.2, 0.25) is 0 Å². The minimum absolute atomic E-state index is 0.186. The molecule has 0 amide bonds. The summed E-state index contributed by atoms with van der Waals surface area (Å²) in [6.07, 6.45) is 0.899. The van der Waals surface area contributed by atoms with Crippen molar-refractivity contribution in [2.75, 3.05) is 11.5 Å². The normalized spacial score (nSPS) is 11.5. The molecule has 0 saturated heterocycles. The predicted octanol–water partition coefficient (Wildman–Crippen LogP) is 3.77. The Kier molecular flexibility index (Phi) is 3.56. The van der Waals surface area contributed by atoms with Gasteiger partial charge in [-0.1, -0.05) is 37.3 Å². The van der Waals surface area contributed by atoms with E-state index in [0.29, 0.717) is 5.69 Å². The number of anilines is 1. The average Bonchev–Trinajstić information content (AvgIpc) is 2.06. The first kappa shape index (κ1) is 11.5. The van der Waals surface area contributed by atoms with Crippen LogP contribution in [0.15, 0.2) is 18.2 Å². The molecular weight excluding hydrogens is 217 g/mol. The Bertz CT molecular complexity index is 322. The van der Waals surface area contributed by atoms with Crippen molar-refractivity contribution < 1.29 is 4.39 Å². The van der Waals surface area contributed by atoms with E-state index in [-0.39, 0.29) is 10.8 Å². The molecule has 78 valence electrons. The highest BCUT2D eigenvalue weighted by molar-refractivity contribution is 6.76. The molecule has 0 atom stereocenters. The quantitative estimate of drug-likeness (QED) is 0.781. The van der Waals surface area contributed by atoms with Crippen molar-refractivity contribution in [2.24, 2.45) is 0 Å². The van der Waals surface area contributed by atoms with Gasteiger partial charge in [-0.2, -0.15) is 0 Å². The first-order valence-electron chi connectivity index (χ1n) is 4.58. The first-order valence-corrected chi connectivity index (χ1v) is 8.66. The topological polar surface area (TPSA) is 12.0 Å². The Morgan fingerprint density at radius 1 is 1.36 bits per heavy atom. The maximum Gasteiger partial charge on any atom is 0.143 e. The lowest BCUT2D eigenvalue weighted by atomic mass is 10.3. The second kappa shape index (κ2) is 4.32. The summed E-state index contributed by atoms with van der Waals surface area (Å²) in [7, 11) is -1.17. The molecule has 4 heteroatoms. The second-order valence-electron chi connectivity index (χ2n) is 4.52. The van der Waals surface area contributed by atoms with Crippen LogP contribution in [0.25, 0.3) is 0 Å². The molecule has 0 saturated carbocycles. The van der Waals surface area contributed by atoms with E-state index in [0.717, 1.165) is 6.17 Å². The van der Waals surface area contributed by atoms with Crippen molar-refractivity contribution >= 4 is 25.4 Å². The van der Waals surface area contributed by atoms with Crippen LogP contribution in [0, 0.1) is 5.82 Å². The van der Waals surface area contributed by atoms with Crippen LogP contribution < -0.4 is 5.32 Å². The van der Waals surface area contributed by atoms with Crippen LogP contribution in [0.4, 0.5) is 10.1 Å². The summed E-state index contributed by atoms with van der Waals surface area (Å²) >= 11 is 5.80. The third-order valence-electron chi connectivity index (χ3n) is 1.76. The van der Waals surface area contributed by atoms with Crippen LogP contribution >= 0.6 is 11.6 Å². The molecule has 0 spiro atoms. The number of halogens is 2. The number of hydrogen-bond donors (Lipinski definition) is 1.